The minimum atomic E-state index is -0.635. The van der Waals surface area contributed by atoms with Gasteiger partial charge in [-0.05, 0) is 37.3 Å². The van der Waals surface area contributed by atoms with Crippen LogP contribution in [0.2, 0.25) is 0 Å². The molecule has 2 amide bonds. The molecular weight excluding hydrogens is 383 g/mol. The number of hydrogen-bond donors (Lipinski definition) is 2. The fraction of sp³-hybridized carbons (Fsp3) is 0.350. The number of esters is 1. The lowest BCUT2D eigenvalue weighted by Crippen LogP contribution is -2.29. The number of rotatable bonds is 6. The SMILES string of the molecule is CC(=O)Nc1sc2c(c1C(=O)OCC(=O)NCc1ccccc1F)CCCC2. The fourth-order valence-corrected chi connectivity index (χ4v) is 4.44. The van der Waals surface area contributed by atoms with E-state index in [0.29, 0.717) is 16.1 Å². The number of halogens is 1. The Kier molecular flexibility index (Phi) is 6.41. The standard InChI is InChI=1S/C20H21FN2O4S/c1-12(24)23-19-18(14-7-3-5-9-16(14)28-19)20(26)27-11-17(25)22-10-13-6-2-4-8-15(13)21/h2,4,6,8H,3,5,7,9-11H2,1H3,(H,22,25)(H,23,24). The summed E-state index contributed by atoms with van der Waals surface area (Å²) in [6, 6.07) is 6.12. The number of carbonyl (C=O) groups excluding carboxylic acids is 3. The first-order valence-corrected chi connectivity index (χ1v) is 9.86. The molecule has 148 valence electrons. The monoisotopic (exact) mass is 404 g/mol. The van der Waals surface area contributed by atoms with Crippen LogP contribution in [0.1, 0.15) is 46.1 Å². The van der Waals surface area contributed by atoms with Gasteiger partial charge in [0, 0.05) is 23.9 Å². The summed E-state index contributed by atoms with van der Waals surface area (Å²) < 4.78 is 18.7. The van der Waals surface area contributed by atoms with Crippen LogP contribution in [0.4, 0.5) is 9.39 Å². The molecule has 6 nitrogen and oxygen atoms in total. The maximum absolute atomic E-state index is 13.6. The van der Waals surface area contributed by atoms with Crippen LogP contribution in [-0.4, -0.2) is 24.4 Å². The Balaban J connectivity index is 1.63. The maximum Gasteiger partial charge on any atom is 0.341 e. The van der Waals surface area contributed by atoms with E-state index in [9.17, 15) is 18.8 Å². The Morgan fingerprint density at radius 1 is 1.18 bits per heavy atom. The van der Waals surface area contributed by atoms with Crippen LogP contribution in [-0.2, 0) is 33.7 Å². The predicted octanol–water partition coefficient (Wildman–Crippen LogP) is 3.20. The van der Waals surface area contributed by atoms with Crippen LogP contribution in [0.5, 0.6) is 0 Å². The first-order valence-electron chi connectivity index (χ1n) is 9.05. The van der Waals surface area contributed by atoms with Crippen molar-refractivity contribution < 1.29 is 23.5 Å². The third-order valence-electron chi connectivity index (χ3n) is 4.43. The van der Waals surface area contributed by atoms with Crippen molar-refractivity contribution in [2.45, 2.75) is 39.2 Å². The van der Waals surface area contributed by atoms with Gasteiger partial charge in [-0.2, -0.15) is 0 Å². The van der Waals surface area contributed by atoms with Crippen molar-refractivity contribution in [1.82, 2.24) is 5.32 Å². The smallest absolute Gasteiger partial charge is 0.341 e. The van der Waals surface area contributed by atoms with E-state index < -0.39 is 24.3 Å². The summed E-state index contributed by atoms with van der Waals surface area (Å²) in [7, 11) is 0. The van der Waals surface area contributed by atoms with E-state index in [0.717, 1.165) is 36.1 Å². The zero-order valence-electron chi connectivity index (χ0n) is 15.5. The Morgan fingerprint density at radius 2 is 1.93 bits per heavy atom. The summed E-state index contributed by atoms with van der Waals surface area (Å²) in [4.78, 5) is 37.1. The molecule has 0 unspecified atom stereocenters. The minimum absolute atomic E-state index is 0.00798. The number of benzene rings is 1. The van der Waals surface area contributed by atoms with Crippen molar-refractivity contribution in [3.63, 3.8) is 0 Å². The van der Waals surface area contributed by atoms with Crippen molar-refractivity contribution in [2.24, 2.45) is 0 Å². The van der Waals surface area contributed by atoms with Gasteiger partial charge in [0.2, 0.25) is 5.91 Å². The van der Waals surface area contributed by atoms with Crippen LogP contribution in [0.15, 0.2) is 24.3 Å². The molecule has 1 aromatic heterocycles. The molecule has 0 bridgehead atoms. The summed E-state index contributed by atoms with van der Waals surface area (Å²) >= 11 is 1.39. The number of thiophene rings is 1. The molecule has 1 aromatic carbocycles. The van der Waals surface area contributed by atoms with Crippen molar-refractivity contribution in [3.05, 3.63) is 51.7 Å². The number of anilines is 1. The molecule has 1 aliphatic rings. The average molecular weight is 404 g/mol. The van der Waals surface area contributed by atoms with Crippen molar-refractivity contribution in [1.29, 1.82) is 0 Å². The Hall–Kier alpha value is -2.74. The van der Waals surface area contributed by atoms with Gasteiger partial charge in [0.15, 0.2) is 6.61 Å². The molecule has 0 radical (unpaired) electrons. The highest BCUT2D eigenvalue weighted by Gasteiger charge is 2.27. The van der Waals surface area contributed by atoms with E-state index in [1.165, 1.54) is 24.3 Å². The number of carbonyl (C=O) groups is 3. The van der Waals surface area contributed by atoms with E-state index in [1.807, 2.05) is 0 Å². The average Bonchev–Trinajstić information content (AvgIpc) is 3.02. The Morgan fingerprint density at radius 3 is 2.68 bits per heavy atom. The van der Waals surface area contributed by atoms with Crippen molar-refractivity contribution in [3.8, 4) is 0 Å². The molecule has 0 fully saturated rings. The zero-order valence-corrected chi connectivity index (χ0v) is 16.3. The molecular formula is C20H21FN2O4S. The lowest BCUT2D eigenvalue weighted by Gasteiger charge is -2.13. The molecule has 8 heteroatoms. The summed E-state index contributed by atoms with van der Waals surface area (Å²) in [5.74, 6) is -1.84. The first-order chi connectivity index (χ1) is 13.5. The fourth-order valence-electron chi connectivity index (χ4n) is 3.12. The second kappa shape index (κ2) is 8.97. The Bertz CT molecular complexity index is 910. The van der Waals surface area contributed by atoms with E-state index >= 15 is 0 Å². The van der Waals surface area contributed by atoms with Crippen LogP contribution in [0, 0.1) is 5.82 Å². The van der Waals surface area contributed by atoms with Gasteiger partial charge in [-0.25, -0.2) is 9.18 Å². The second-order valence-corrected chi connectivity index (χ2v) is 7.65. The van der Waals surface area contributed by atoms with E-state index in [4.69, 9.17) is 4.74 Å². The number of ether oxygens (including phenoxy) is 1. The summed E-state index contributed by atoms with van der Waals surface area (Å²) in [5, 5.41) is 5.68. The summed E-state index contributed by atoms with van der Waals surface area (Å²) in [6.45, 7) is 0.912. The largest absolute Gasteiger partial charge is 0.452 e. The van der Waals surface area contributed by atoms with E-state index in [1.54, 1.807) is 18.2 Å². The normalized spacial score (nSPS) is 12.8. The second-order valence-electron chi connectivity index (χ2n) is 6.54. The third kappa shape index (κ3) is 4.75. The van der Waals surface area contributed by atoms with Crippen LogP contribution >= 0.6 is 11.3 Å². The van der Waals surface area contributed by atoms with Gasteiger partial charge in [0.25, 0.3) is 5.91 Å². The van der Waals surface area contributed by atoms with Gasteiger partial charge < -0.3 is 15.4 Å². The molecule has 0 saturated heterocycles. The number of amides is 2. The lowest BCUT2D eigenvalue weighted by molar-refractivity contribution is -0.124. The molecule has 0 saturated carbocycles. The number of nitrogens with one attached hydrogen (secondary N) is 2. The van der Waals surface area contributed by atoms with Gasteiger partial charge in [-0.15, -0.1) is 11.3 Å². The quantitative estimate of drug-likeness (QED) is 0.724. The maximum atomic E-state index is 13.6. The Labute approximate surface area is 166 Å². The lowest BCUT2D eigenvalue weighted by atomic mass is 9.95. The molecule has 28 heavy (non-hydrogen) atoms. The van der Waals surface area contributed by atoms with E-state index in [2.05, 4.69) is 10.6 Å². The van der Waals surface area contributed by atoms with Crippen LogP contribution < -0.4 is 10.6 Å². The van der Waals surface area contributed by atoms with Gasteiger partial charge in [-0.3, -0.25) is 9.59 Å². The van der Waals surface area contributed by atoms with Gasteiger partial charge in [-0.1, -0.05) is 18.2 Å². The molecule has 2 aromatic rings. The third-order valence-corrected chi connectivity index (χ3v) is 5.64. The molecule has 1 heterocycles. The predicted molar refractivity (Wildman–Crippen MR) is 104 cm³/mol. The molecule has 2 N–H and O–H groups in total. The minimum Gasteiger partial charge on any atom is -0.452 e. The molecule has 0 atom stereocenters. The number of hydrogen-bond acceptors (Lipinski definition) is 5. The highest BCUT2D eigenvalue weighted by molar-refractivity contribution is 7.17. The topological polar surface area (TPSA) is 84.5 Å². The molecule has 0 spiro atoms. The number of aryl methyl sites for hydroxylation is 1. The van der Waals surface area contributed by atoms with E-state index in [-0.39, 0.29) is 12.5 Å². The highest BCUT2D eigenvalue weighted by atomic mass is 32.1. The molecule has 3 rings (SSSR count). The number of fused-ring (bicyclic) bond motifs is 1. The van der Waals surface area contributed by atoms with Gasteiger partial charge in [0.1, 0.15) is 10.8 Å². The van der Waals surface area contributed by atoms with Gasteiger partial charge in [0.05, 0.1) is 5.56 Å². The molecule has 1 aliphatic carbocycles. The van der Waals surface area contributed by atoms with Crippen LogP contribution in [0.25, 0.3) is 0 Å². The van der Waals surface area contributed by atoms with Crippen LogP contribution in [0.3, 0.4) is 0 Å². The highest BCUT2D eigenvalue weighted by Crippen LogP contribution is 2.38. The van der Waals surface area contributed by atoms with Gasteiger partial charge >= 0.3 is 5.97 Å². The molecule has 0 aliphatic heterocycles. The van der Waals surface area contributed by atoms with Crippen molar-refractivity contribution in [2.75, 3.05) is 11.9 Å². The summed E-state index contributed by atoms with van der Waals surface area (Å²) in [6.07, 6.45) is 3.62. The van der Waals surface area contributed by atoms with Crippen molar-refractivity contribution >= 4 is 34.1 Å². The summed E-state index contributed by atoms with van der Waals surface area (Å²) in [5.41, 5.74) is 1.59. The first kappa shape index (κ1) is 20.0. The zero-order chi connectivity index (χ0) is 20.1.